The number of aromatic nitrogens is 2. The van der Waals surface area contributed by atoms with E-state index in [1.807, 2.05) is 11.8 Å². The van der Waals surface area contributed by atoms with Crippen LogP contribution in [0.15, 0.2) is 6.33 Å². The van der Waals surface area contributed by atoms with E-state index < -0.39 is 0 Å². The van der Waals surface area contributed by atoms with E-state index in [-0.39, 0.29) is 0 Å². The molecule has 0 saturated carbocycles. The van der Waals surface area contributed by atoms with Gasteiger partial charge in [0.05, 0.1) is 0 Å². The summed E-state index contributed by atoms with van der Waals surface area (Å²) in [7, 11) is 0. The van der Waals surface area contributed by atoms with Crippen molar-refractivity contribution in [3.63, 3.8) is 0 Å². The van der Waals surface area contributed by atoms with Gasteiger partial charge in [-0.3, -0.25) is 0 Å². The normalized spacial score (nSPS) is 16.4. The van der Waals surface area contributed by atoms with E-state index in [9.17, 15) is 0 Å². The summed E-state index contributed by atoms with van der Waals surface area (Å²) in [6.07, 6.45) is 9.79. The molecule has 0 aliphatic heterocycles. The van der Waals surface area contributed by atoms with Crippen LogP contribution in [0.3, 0.4) is 0 Å². The van der Waals surface area contributed by atoms with Gasteiger partial charge >= 0.3 is 0 Å². The number of rotatable bonds is 5. The van der Waals surface area contributed by atoms with E-state index in [4.69, 9.17) is 0 Å². The van der Waals surface area contributed by atoms with E-state index in [0.717, 1.165) is 30.8 Å². The zero-order chi connectivity index (χ0) is 12.1. The van der Waals surface area contributed by atoms with E-state index in [0.29, 0.717) is 6.04 Å². The first kappa shape index (κ1) is 12.7. The third-order valence-corrected chi connectivity index (χ3v) is 4.06. The van der Waals surface area contributed by atoms with Gasteiger partial charge in [0.15, 0.2) is 0 Å². The van der Waals surface area contributed by atoms with Gasteiger partial charge in [-0.25, -0.2) is 9.97 Å². The highest BCUT2D eigenvalue weighted by molar-refractivity contribution is 7.98. The van der Waals surface area contributed by atoms with Crippen LogP contribution in [0.25, 0.3) is 0 Å². The van der Waals surface area contributed by atoms with Gasteiger partial charge in [0.25, 0.3) is 0 Å². The Morgan fingerprint density at radius 1 is 1.35 bits per heavy atom. The largest absolute Gasteiger partial charge is 0.366 e. The molecule has 0 spiro atoms. The zero-order valence-corrected chi connectivity index (χ0v) is 11.5. The van der Waals surface area contributed by atoms with Crippen LogP contribution in [0.4, 0.5) is 5.82 Å². The Morgan fingerprint density at radius 3 is 2.94 bits per heavy atom. The van der Waals surface area contributed by atoms with Gasteiger partial charge < -0.3 is 5.32 Å². The number of nitrogens with zero attached hydrogens (tertiary/aromatic N) is 2. The Balaban J connectivity index is 2.14. The quantitative estimate of drug-likeness (QED) is 0.873. The first-order valence-corrected chi connectivity index (χ1v) is 7.82. The molecule has 3 nitrogen and oxygen atoms in total. The fourth-order valence-corrected chi connectivity index (χ4v) is 3.02. The van der Waals surface area contributed by atoms with Gasteiger partial charge in [-0.2, -0.15) is 11.8 Å². The summed E-state index contributed by atoms with van der Waals surface area (Å²) < 4.78 is 0. The molecule has 1 N–H and O–H groups in total. The average molecular weight is 251 g/mol. The molecule has 1 aliphatic carbocycles. The number of hydrogen-bond donors (Lipinski definition) is 1. The summed E-state index contributed by atoms with van der Waals surface area (Å²) in [4.78, 5) is 8.83. The lowest BCUT2D eigenvalue weighted by Gasteiger charge is -2.22. The molecule has 0 radical (unpaired) electrons. The van der Waals surface area contributed by atoms with Crippen molar-refractivity contribution in [2.24, 2.45) is 0 Å². The maximum absolute atomic E-state index is 4.43. The molecule has 1 aromatic rings. The minimum Gasteiger partial charge on any atom is -0.366 e. The number of aryl methyl sites for hydroxylation is 1. The van der Waals surface area contributed by atoms with Crippen LogP contribution in [0, 0.1) is 0 Å². The highest BCUT2D eigenvalue weighted by atomic mass is 32.2. The first-order valence-electron chi connectivity index (χ1n) is 6.43. The molecular formula is C13H21N3S. The molecular weight excluding hydrogens is 230 g/mol. The highest BCUT2D eigenvalue weighted by Crippen LogP contribution is 2.25. The van der Waals surface area contributed by atoms with Crippen LogP contribution in [-0.2, 0) is 12.8 Å². The first-order chi connectivity index (χ1) is 8.35. The van der Waals surface area contributed by atoms with Crippen molar-refractivity contribution >= 4 is 17.6 Å². The highest BCUT2D eigenvalue weighted by Gasteiger charge is 2.17. The van der Waals surface area contributed by atoms with Gasteiger partial charge in [0, 0.05) is 23.1 Å². The molecule has 1 aliphatic rings. The van der Waals surface area contributed by atoms with Gasteiger partial charge in [-0.15, -0.1) is 0 Å². The smallest absolute Gasteiger partial charge is 0.133 e. The molecule has 17 heavy (non-hydrogen) atoms. The molecule has 0 fully saturated rings. The van der Waals surface area contributed by atoms with Gasteiger partial charge in [-0.1, -0.05) is 6.92 Å². The molecule has 1 atom stereocenters. The Morgan fingerprint density at radius 2 is 2.18 bits per heavy atom. The Hall–Kier alpha value is -0.770. The zero-order valence-electron chi connectivity index (χ0n) is 10.7. The second-order valence-corrected chi connectivity index (χ2v) is 5.47. The van der Waals surface area contributed by atoms with E-state index in [1.165, 1.54) is 24.1 Å². The SMILES string of the molecule is CCC(CSC)Nc1ncnc2c1CCCC2. The molecule has 2 rings (SSSR count). The third-order valence-electron chi connectivity index (χ3n) is 3.33. The summed E-state index contributed by atoms with van der Waals surface area (Å²) >= 11 is 1.89. The van der Waals surface area contributed by atoms with Crippen LogP contribution < -0.4 is 5.32 Å². The Labute approximate surface area is 108 Å². The number of nitrogens with one attached hydrogen (secondary N) is 1. The van der Waals surface area contributed by atoms with Crippen molar-refractivity contribution in [3.05, 3.63) is 17.6 Å². The van der Waals surface area contributed by atoms with Crippen molar-refractivity contribution < 1.29 is 0 Å². The van der Waals surface area contributed by atoms with Crippen LogP contribution >= 0.6 is 11.8 Å². The molecule has 1 heterocycles. The molecule has 1 unspecified atom stereocenters. The number of fused-ring (bicyclic) bond motifs is 1. The summed E-state index contributed by atoms with van der Waals surface area (Å²) in [6.45, 7) is 2.22. The van der Waals surface area contributed by atoms with E-state index in [1.54, 1.807) is 6.33 Å². The molecule has 1 aromatic heterocycles. The number of hydrogen-bond acceptors (Lipinski definition) is 4. The predicted molar refractivity (Wildman–Crippen MR) is 74.8 cm³/mol. The molecule has 0 saturated heterocycles. The summed E-state index contributed by atoms with van der Waals surface area (Å²) in [5, 5.41) is 3.59. The van der Waals surface area contributed by atoms with Crippen molar-refractivity contribution in [3.8, 4) is 0 Å². The minimum atomic E-state index is 0.519. The number of anilines is 1. The van der Waals surface area contributed by atoms with E-state index >= 15 is 0 Å². The molecule has 94 valence electrons. The fourth-order valence-electron chi connectivity index (χ4n) is 2.30. The van der Waals surface area contributed by atoms with Crippen molar-refractivity contribution in [2.75, 3.05) is 17.3 Å². The van der Waals surface area contributed by atoms with Gasteiger partial charge in [-0.05, 0) is 38.4 Å². The van der Waals surface area contributed by atoms with E-state index in [2.05, 4.69) is 28.5 Å². The maximum Gasteiger partial charge on any atom is 0.133 e. The molecule has 0 amide bonds. The minimum absolute atomic E-state index is 0.519. The lowest BCUT2D eigenvalue weighted by Crippen LogP contribution is -2.24. The predicted octanol–water partition coefficient (Wildman–Crippen LogP) is 2.91. The van der Waals surface area contributed by atoms with Crippen molar-refractivity contribution in [2.45, 2.75) is 45.1 Å². The summed E-state index contributed by atoms with van der Waals surface area (Å²) in [6, 6.07) is 0.519. The standard InChI is InChI=1S/C13H21N3S/c1-3-10(8-17-2)16-13-11-6-4-5-7-12(11)14-9-15-13/h9-10H,3-8H2,1-2H3,(H,14,15,16). The monoisotopic (exact) mass is 251 g/mol. The topological polar surface area (TPSA) is 37.8 Å². The molecule has 4 heteroatoms. The Bertz CT molecular complexity index is 368. The van der Waals surface area contributed by atoms with Crippen LogP contribution in [0.2, 0.25) is 0 Å². The lowest BCUT2D eigenvalue weighted by atomic mass is 9.96. The van der Waals surface area contributed by atoms with Gasteiger partial charge in [0.1, 0.15) is 12.1 Å². The van der Waals surface area contributed by atoms with Crippen LogP contribution in [-0.4, -0.2) is 28.0 Å². The molecule has 0 bridgehead atoms. The van der Waals surface area contributed by atoms with Crippen molar-refractivity contribution in [1.29, 1.82) is 0 Å². The van der Waals surface area contributed by atoms with Crippen LogP contribution in [0.1, 0.15) is 37.4 Å². The third kappa shape index (κ3) is 3.12. The maximum atomic E-state index is 4.43. The second kappa shape index (κ2) is 6.24. The summed E-state index contributed by atoms with van der Waals surface area (Å²) in [5.74, 6) is 2.21. The van der Waals surface area contributed by atoms with Gasteiger partial charge in [0.2, 0.25) is 0 Å². The average Bonchev–Trinajstić information content (AvgIpc) is 2.38. The fraction of sp³-hybridized carbons (Fsp3) is 0.692. The second-order valence-electron chi connectivity index (χ2n) is 4.56. The van der Waals surface area contributed by atoms with Crippen molar-refractivity contribution in [1.82, 2.24) is 9.97 Å². The number of thioether (sulfide) groups is 1. The lowest BCUT2D eigenvalue weighted by molar-refractivity contribution is 0.659. The summed E-state index contributed by atoms with van der Waals surface area (Å²) in [5.41, 5.74) is 2.62. The molecule has 0 aromatic carbocycles. The van der Waals surface area contributed by atoms with Crippen LogP contribution in [0.5, 0.6) is 0 Å². The Kier molecular flexibility index (Phi) is 4.66.